The van der Waals surface area contributed by atoms with Crippen molar-refractivity contribution in [3.8, 4) is 0 Å². The lowest BCUT2D eigenvalue weighted by atomic mass is 10.1. The van der Waals surface area contributed by atoms with Gasteiger partial charge in [-0.2, -0.15) is 0 Å². The molecule has 0 saturated carbocycles. The molecule has 0 unspecified atom stereocenters. The summed E-state index contributed by atoms with van der Waals surface area (Å²) in [6.45, 7) is 14.0. The molecule has 1 heterocycles. The summed E-state index contributed by atoms with van der Waals surface area (Å²) in [4.78, 5) is 11.5. The van der Waals surface area contributed by atoms with Crippen LogP contribution in [-0.4, -0.2) is 40.8 Å². The highest BCUT2D eigenvalue weighted by atomic mass is 16.3. The van der Waals surface area contributed by atoms with Crippen LogP contribution in [0, 0.1) is 6.92 Å². The molecule has 0 aliphatic heterocycles. The van der Waals surface area contributed by atoms with E-state index >= 15 is 0 Å². The Kier molecular flexibility index (Phi) is 6.20. The van der Waals surface area contributed by atoms with Crippen LogP contribution in [0.15, 0.2) is 0 Å². The first-order chi connectivity index (χ1) is 9.42. The van der Waals surface area contributed by atoms with Crippen molar-refractivity contribution in [3.63, 3.8) is 0 Å². The Bertz CT molecular complexity index is 432. The molecule has 114 valence electrons. The Balaban J connectivity index is 3.34. The maximum Gasteiger partial charge on any atom is 0.137 e. The van der Waals surface area contributed by atoms with Gasteiger partial charge in [-0.3, -0.25) is 0 Å². The molecule has 0 spiro atoms. The number of nitrogens with one attached hydrogen (secondary N) is 1. The van der Waals surface area contributed by atoms with Gasteiger partial charge in [0.05, 0.1) is 6.61 Å². The van der Waals surface area contributed by atoms with Crippen molar-refractivity contribution in [2.45, 2.75) is 53.5 Å². The van der Waals surface area contributed by atoms with Gasteiger partial charge in [0.2, 0.25) is 0 Å². The fourth-order valence-corrected chi connectivity index (χ4v) is 2.12. The third kappa shape index (κ3) is 3.82. The maximum atomic E-state index is 9.29. The van der Waals surface area contributed by atoms with Crippen molar-refractivity contribution >= 4 is 11.6 Å². The third-order valence-corrected chi connectivity index (χ3v) is 3.23. The molecule has 0 saturated heterocycles. The van der Waals surface area contributed by atoms with Crippen LogP contribution in [-0.2, 0) is 0 Å². The van der Waals surface area contributed by atoms with Crippen LogP contribution in [0.1, 0.15) is 51.9 Å². The highest BCUT2D eigenvalue weighted by Gasteiger charge is 2.19. The van der Waals surface area contributed by atoms with E-state index in [0.29, 0.717) is 6.54 Å². The van der Waals surface area contributed by atoms with Gasteiger partial charge in [0.25, 0.3) is 0 Å². The second kappa shape index (κ2) is 7.43. The number of rotatable bonds is 7. The summed E-state index contributed by atoms with van der Waals surface area (Å²) in [5.74, 6) is 2.92. The van der Waals surface area contributed by atoms with Crippen LogP contribution < -0.4 is 10.2 Å². The van der Waals surface area contributed by atoms with Gasteiger partial charge in [-0.05, 0) is 27.7 Å². The summed E-state index contributed by atoms with van der Waals surface area (Å²) >= 11 is 0. The van der Waals surface area contributed by atoms with Crippen molar-refractivity contribution in [2.24, 2.45) is 0 Å². The van der Waals surface area contributed by atoms with E-state index in [1.807, 2.05) is 6.92 Å². The van der Waals surface area contributed by atoms with Crippen LogP contribution in [0.4, 0.5) is 11.6 Å². The van der Waals surface area contributed by atoms with E-state index in [-0.39, 0.29) is 18.6 Å². The molecule has 0 amide bonds. The Morgan fingerprint density at radius 2 is 1.85 bits per heavy atom. The molecule has 0 aliphatic carbocycles. The molecule has 5 nitrogen and oxygen atoms in total. The second-order valence-corrected chi connectivity index (χ2v) is 5.57. The van der Waals surface area contributed by atoms with Gasteiger partial charge in [-0.15, -0.1) is 0 Å². The second-order valence-electron chi connectivity index (χ2n) is 5.57. The van der Waals surface area contributed by atoms with Crippen LogP contribution in [0.2, 0.25) is 0 Å². The van der Waals surface area contributed by atoms with Gasteiger partial charge in [-0.1, -0.05) is 13.8 Å². The summed E-state index contributed by atoms with van der Waals surface area (Å²) in [5.41, 5.74) is 1.04. The summed E-state index contributed by atoms with van der Waals surface area (Å²) in [7, 11) is 0. The van der Waals surface area contributed by atoms with Gasteiger partial charge in [0.15, 0.2) is 0 Å². The zero-order chi connectivity index (χ0) is 15.3. The van der Waals surface area contributed by atoms with E-state index in [4.69, 9.17) is 4.98 Å². The highest BCUT2D eigenvalue weighted by molar-refractivity contribution is 5.59. The van der Waals surface area contributed by atoms with Gasteiger partial charge in [-0.25, -0.2) is 9.97 Å². The lowest BCUT2D eigenvalue weighted by molar-refractivity contribution is 0.298. The number of anilines is 2. The van der Waals surface area contributed by atoms with Crippen molar-refractivity contribution < 1.29 is 5.11 Å². The zero-order valence-electron chi connectivity index (χ0n) is 13.6. The minimum atomic E-state index is 0.120. The van der Waals surface area contributed by atoms with Gasteiger partial charge < -0.3 is 15.3 Å². The molecular weight excluding hydrogens is 252 g/mol. The molecule has 0 radical (unpaired) electrons. The molecule has 0 aromatic carbocycles. The highest BCUT2D eigenvalue weighted by Crippen LogP contribution is 2.27. The molecular formula is C15H28N4O. The lowest BCUT2D eigenvalue weighted by Gasteiger charge is -2.29. The van der Waals surface area contributed by atoms with Crippen molar-refractivity contribution in [1.82, 2.24) is 9.97 Å². The average Bonchev–Trinajstić information content (AvgIpc) is 2.38. The van der Waals surface area contributed by atoms with Crippen molar-refractivity contribution in [3.05, 3.63) is 11.4 Å². The van der Waals surface area contributed by atoms with Crippen LogP contribution >= 0.6 is 0 Å². The summed E-state index contributed by atoms with van der Waals surface area (Å²) in [6, 6.07) is 0.283. The monoisotopic (exact) mass is 280 g/mol. The smallest absolute Gasteiger partial charge is 0.137 e. The number of aliphatic hydroxyl groups is 1. The molecule has 1 rings (SSSR count). The summed E-state index contributed by atoms with van der Waals surface area (Å²) in [5, 5.41) is 12.6. The van der Waals surface area contributed by atoms with Crippen LogP contribution in [0.3, 0.4) is 0 Å². The van der Waals surface area contributed by atoms with Crippen molar-refractivity contribution in [2.75, 3.05) is 29.9 Å². The minimum absolute atomic E-state index is 0.120. The Hall–Kier alpha value is -1.36. The van der Waals surface area contributed by atoms with Crippen molar-refractivity contribution in [1.29, 1.82) is 0 Å². The van der Waals surface area contributed by atoms with E-state index in [0.717, 1.165) is 29.6 Å². The number of aliphatic hydroxyl groups excluding tert-OH is 1. The molecule has 0 aliphatic rings. The number of hydrogen-bond donors (Lipinski definition) is 2. The maximum absolute atomic E-state index is 9.29. The molecule has 0 atom stereocenters. The Morgan fingerprint density at radius 3 is 2.30 bits per heavy atom. The first-order valence-corrected chi connectivity index (χ1v) is 7.42. The molecule has 20 heavy (non-hydrogen) atoms. The van der Waals surface area contributed by atoms with Crippen LogP contribution in [0.25, 0.3) is 0 Å². The first kappa shape index (κ1) is 16.7. The largest absolute Gasteiger partial charge is 0.395 e. The van der Waals surface area contributed by atoms with E-state index in [1.54, 1.807) is 0 Å². The SMILES string of the molecule is CCNc1nc(C(C)C)nc(N(CCO)C(C)C)c1C. The van der Waals surface area contributed by atoms with Gasteiger partial charge >= 0.3 is 0 Å². The Morgan fingerprint density at radius 1 is 1.20 bits per heavy atom. The predicted molar refractivity (Wildman–Crippen MR) is 84.6 cm³/mol. The number of nitrogens with zero attached hydrogens (tertiary/aromatic N) is 3. The average molecular weight is 280 g/mol. The van der Waals surface area contributed by atoms with E-state index in [2.05, 4.69) is 49.8 Å². The molecule has 0 fully saturated rings. The zero-order valence-corrected chi connectivity index (χ0v) is 13.6. The third-order valence-electron chi connectivity index (χ3n) is 3.23. The predicted octanol–water partition coefficient (Wildman–Crippen LogP) is 2.55. The summed E-state index contributed by atoms with van der Waals surface area (Å²) in [6.07, 6.45) is 0. The standard InChI is InChI=1S/C15H28N4O/c1-7-16-14-12(6)15(18-13(17-14)10(2)3)19(8-9-20)11(4)5/h10-11,20H,7-9H2,1-6H3,(H,16,17,18). The minimum Gasteiger partial charge on any atom is -0.395 e. The van der Waals surface area contributed by atoms with Crippen LogP contribution in [0.5, 0.6) is 0 Å². The molecule has 5 heteroatoms. The van der Waals surface area contributed by atoms with Gasteiger partial charge in [0.1, 0.15) is 17.5 Å². The van der Waals surface area contributed by atoms with E-state index in [9.17, 15) is 5.11 Å². The van der Waals surface area contributed by atoms with E-state index in [1.165, 1.54) is 0 Å². The molecule has 2 N–H and O–H groups in total. The number of hydrogen-bond acceptors (Lipinski definition) is 5. The number of aromatic nitrogens is 2. The fraction of sp³-hybridized carbons (Fsp3) is 0.733. The Labute approximate surface area is 122 Å². The first-order valence-electron chi connectivity index (χ1n) is 7.42. The van der Waals surface area contributed by atoms with E-state index < -0.39 is 0 Å². The molecule has 0 bridgehead atoms. The fourth-order valence-electron chi connectivity index (χ4n) is 2.12. The topological polar surface area (TPSA) is 61.3 Å². The lowest BCUT2D eigenvalue weighted by Crippen LogP contribution is -2.35. The molecule has 1 aromatic heterocycles. The summed E-state index contributed by atoms with van der Waals surface area (Å²) < 4.78 is 0. The quantitative estimate of drug-likeness (QED) is 0.803. The normalized spacial score (nSPS) is 11.2. The van der Waals surface area contributed by atoms with Gasteiger partial charge in [0, 0.05) is 30.6 Å². The molecule has 1 aromatic rings.